The third-order valence-corrected chi connectivity index (χ3v) is 2.51. The molecule has 1 atom stereocenters. The van der Waals surface area contributed by atoms with Gasteiger partial charge in [-0.3, -0.25) is 0 Å². The molecule has 1 unspecified atom stereocenters. The van der Waals surface area contributed by atoms with Crippen LogP contribution < -0.4 is 0 Å². The van der Waals surface area contributed by atoms with Gasteiger partial charge in [0, 0.05) is 6.42 Å². The van der Waals surface area contributed by atoms with Crippen LogP contribution in [0, 0.1) is 6.92 Å². The molecule has 80 valence electrons. The fourth-order valence-corrected chi connectivity index (χ4v) is 1.57. The van der Waals surface area contributed by atoms with Crippen molar-refractivity contribution in [1.29, 1.82) is 0 Å². The molecular weight excluding hydrogens is 192 g/mol. The van der Waals surface area contributed by atoms with Gasteiger partial charge in [-0.25, -0.2) is 0 Å². The van der Waals surface area contributed by atoms with E-state index in [1.807, 2.05) is 19.1 Å². The van der Waals surface area contributed by atoms with Crippen molar-refractivity contribution < 1.29 is 9.63 Å². The topological polar surface area (TPSA) is 59.2 Å². The van der Waals surface area contributed by atoms with Gasteiger partial charge in [0.15, 0.2) is 5.82 Å². The van der Waals surface area contributed by atoms with Crippen LogP contribution >= 0.6 is 0 Å². The quantitative estimate of drug-likeness (QED) is 0.797. The van der Waals surface area contributed by atoms with Crippen LogP contribution in [0.15, 0.2) is 27.8 Å². The molecule has 2 rings (SSSR count). The van der Waals surface area contributed by atoms with E-state index in [0.29, 0.717) is 24.6 Å². The van der Waals surface area contributed by atoms with Gasteiger partial charge in [-0.05, 0) is 25.8 Å². The molecule has 0 aromatic carbocycles. The molecule has 1 aliphatic rings. The fraction of sp³-hybridized carbons (Fsp3) is 0.455. The predicted octanol–water partition coefficient (Wildman–Crippen LogP) is 1.56. The van der Waals surface area contributed by atoms with E-state index in [2.05, 4.69) is 10.1 Å². The van der Waals surface area contributed by atoms with Crippen LogP contribution in [0.1, 0.15) is 25.1 Å². The molecule has 0 aliphatic heterocycles. The van der Waals surface area contributed by atoms with Gasteiger partial charge < -0.3 is 9.63 Å². The first kappa shape index (κ1) is 10.1. The number of aryl methyl sites for hydroxylation is 1. The molecule has 0 amide bonds. The maximum Gasteiger partial charge on any atom is 0.230 e. The summed E-state index contributed by atoms with van der Waals surface area (Å²) < 4.78 is 5.02. The molecule has 1 heterocycles. The molecule has 15 heavy (non-hydrogen) atoms. The summed E-state index contributed by atoms with van der Waals surface area (Å²) in [5.41, 5.74) is 2.12. The van der Waals surface area contributed by atoms with E-state index >= 15 is 0 Å². The predicted molar refractivity (Wildman–Crippen MR) is 55.2 cm³/mol. The van der Waals surface area contributed by atoms with Crippen LogP contribution in [-0.4, -0.2) is 21.4 Å². The third kappa shape index (κ3) is 2.33. The van der Waals surface area contributed by atoms with Crippen molar-refractivity contribution in [3.8, 4) is 0 Å². The molecule has 0 fully saturated rings. The minimum absolute atomic E-state index is 0.367. The second kappa shape index (κ2) is 3.98. The zero-order chi connectivity index (χ0) is 10.8. The van der Waals surface area contributed by atoms with E-state index in [4.69, 9.17) is 4.52 Å². The number of allylic oxidation sites excluding steroid dienone is 2. The second-order valence-corrected chi connectivity index (χ2v) is 3.87. The lowest BCUT2D eigenvalue weighted by atomic mass is 9.95. The monoisotopic (exact) mass is 206 g/mol. The Hall–Kier alpha value is -1.42. The third-order valence-electron chi connectivity index (χ3n) is 2.51. The summed E-state index contributed by atoms with van der Waals surface area (Å²) in [6, 6.07) is 0. The van der Waals surface area contributed by atoms with Crippen molar-refractivity contribution >= 4 is 0 Å². The maximum absolute atomic E-state index is 9.66. The lowest BCUT2D eigenvalue weighted by molar-refractivity contribution is 0.208. The van der Waals surface area contributed by atoms with Gasteiger partial charge in [0.05, 0.1) is 6.10 Å². The van der Waals surface area contributed by atoms with Crippen LogP contribution in [0.25, 0.3) is 0 Å². The molecule has 0 saturated carbocycles. The fourth-order valence-electron chi connectivity index (χ4n) is 1.57. The van der Waals surface area contributed by atoms with Crippen LogP contribution in [0.5, 0.6) is 0 Å². The number of hydrogen-bond acceptors (Lipinski definition) is 4. The summed E-state index contributed by atoms with van der Waals surface area (Å²) in [7, 11) is 0. The molecule has 1 N–H and O–H groups in total. The lowest BCUT2D eigenvalue weighted by Crippen LogP contribution is -2.13. The van der Waals surface area contributed by atoms with Crippen molar-refractivity contribution in [1.82, 2.24) is 10.1 Å². The number of aromatic nitrogens is 2. The van der Waals surface area contributed by atoms with Crippen LogP contribution in [0.4, 0.5) is 0 Å². The second-order valence-electron chi connectivity index (χ2n) is 3.87. The SMILES string of the molecule is CC1=CC=C(Cc2nc(C)no2)CC1O. The summed E-state index contributed by atoms with van der Waals surface area (Å²) in [5, 5.41) is 13.4. The van der Waals surface area contributed by atoms with E-state index in [1.165, 1.54) is 0 Å². The van der Waals surface area contributed by atoms with E-state index in [0.717, 1.165) is 11.1 Å². The highest BCUT2D eigenvalue weighted by molar-refractivity contribution is 5.27. The van der Waals surface area contributed by atoms with Gasteiger partial charge in [0.25, 0.3) is 0 Å². The zero-order valence-corrected chi connectivity index (χ0v) is 8.90. The van der Waals surface area contributed by atoms with E-state index in [-0.39, 0.29) is 6.10 Å². The summed E-state index contributed by atoms with van der Waals surface area (Å²) >= 11 is 0. The molecule has 1 aromatic rings. The Morgan fingerprint density at radius 1 is 1.47 bits per heavy atom. The van der Waals surface area contributed by atoms with Gasteiger partial charge in [-0.15, -0.1) is 0 Å². The Bertz CT molecular complexity index is 418. The smallest absolute Gasteiger partial charge is 0.230 e. The summed E-state index contributed by atoms with van der Waals surface area (Å²) in [6.07, 6.45) is 4.87. The van der Waals surface area contributed by atoms with Crippen LogP contribution in [0.2, 0.25) is 0 Å². The van der Waals surface area contributed by atoms with Crippen LogP contribution in [0.3, 0.4) is 0 Å². The molecular formula is C11H14N2O2. The zero-order valence-electron chi connectivity index (χ0n) is 8.90. The van der Waals surface area contributed by atoms with Gasteiger partial charge >= 0.3 is 0 Å². The maximum atomic E-state index is 9.66. The number of aliphatic hydroxyl groups is 1. The average Bonchev–Trinajstić information content (AvgIpc) is 2.58. The van der Waals surface area contributed by atoms with Gasteiger partial charge in [0.1, 0.15) is 0 Å². The van der Waals surface area contributed by atoms with E-state index in [1.54, 1.807) is 6.92 Å². The molecule has 0 saturated heterocycles. The number of hydrogen-bond donors (Lipinski definition) is 1. The highest BCUT2D eigenvalue weighted by Crippen LogP contribution is 2.21. The normalized spacial score (nSPS) is 21.1. The lowest BCUT2D eigenvalue weighted by Gasteiger charge is -2.16. The van der Waals surface area contributed by atoms with Crippen molar-refractivity contribution in [3.05, 3.63) is 35.0 Å². The van der Waals surface area contributed by atoms with Crippen molar-refractivity contribution in [2.75, 3.05) is 0 Å². The van der Waals surface area contributed by atoms with Crippen molar-refractivity contribution in [2.24, 2.45) is 0 Å². The first-order chi connectivity index (χ1) is 7.15. The number of rotatable bonds is 2. The van der Waals surface area contributed by atoms with Gasteiger partial charge in [-0.2, -0.15) is 4.98 Å². The molecule has 1 aliphatic carbocycles. The highest BCUT2D eigenvalue weighted by Gasteiger charge is 2.15. The largest absolute Gasteiger partial charge is 0.388 e. The molecule has 4 heteroatoms. The highest BCUT2D eigenvalue weighted by atomic mass is 16.5. The molecule has 4 nitrogen and oxygen atoms in total. The molecule has 0 spiro atoms. The minimum Gasteiger partial charge on any atom is -0.388 e. The average molecular weight is 206 g/mol. The number of nitrogens with zero attached hydrogens (tertiary/aromatic N) is 2. The summed E-state index contributed by atoms with van der Waals surface area (Å²) in [5.74, 6) is 1.26. The Kier molecular flexibility index (Phi) is 2.68. The summed E-state index contributed by atoms with van der Waals surface area (Å²) in [4.78, 5) is 4.13. The molecule has 0 radical (unpaired) electrons. The van der Waals surface area contributed by atoms with E-state index in [9.17, 15) is 5.11 Å². The Labute approximate surface area is 88.3 Å². The standard InChI is InChI=1S/C11H14N2O2/c1-7-3-4-9(5-10(7)14)6-11-12-8(2)13-15-11/h3-4,10,14H,5-6H2,1-2H3. The Morgan fingerprint density at radius 2 is 2.27 bits per heavy atom. The molecule has 1 aromatic heterocycles. The first-order valence-corrected chi connectivity index (χ1v) is 4.98. The van der Waals surface area contributed by atoms with Gasteiger partial charge in [0.2, 0.25) is 5.89 Å². The molecule has 0 bridgehead atoms. The minimum atomic E-state index is -0.367. The number of aliphatic hydroxyl groups excluding tert-OH is 1. The Morgan fingerprint density at radius 3 is 2.87 bits per heavy atom. The van der Waals surface area contributed by atoms with Crippen molar-refractivity contribution in [3.63, 3.8) is 0 Å². The Balaban J connectivity index is 2.08. The van der Waals surface area contributed by atoms with Gasteiger partial charge in [-0.1, -0.05) is 22.9 Å². The summed E-state index contributed by atoms with van der Waals surface area (Å²) in [6.45, 7) is 3.72. The first-order valence-electron chi connectivity index (χ1n) is 4.98. The van der Waals surface area contributed by atoms with Crippen molar-refractivity contribution in [2.45, 2.75) is 32.8 Å². The van der Waals surface area contributed by atoms with Crippen LogP contribution in [-0.2, 0) is 6.42 Å². The van der Waals surface area contributed by atoms with E-state index < -0.39 is 0 Å².